The number of rotatable bonds is 6. The van der Waals surface area contributed by atoms with Crippen LogP contribution in [0.4, 0.5) is 5.69 Å². The summed E-state index contributed by atoms with van der Waals surface area (Å²) in [5, 5.41) is 0.648. The molecule has 3 N–H and O–H groups in total. The molecule has 6 heteroatoms. The molecule has 0 fully saturated rings. The maximum atomic E-state index is 12.0. The van der Waals surface area contributed by atoms with Crippen LogP contribution in [0.2, 0.25) is 5.02 Å². The first kappa shape index (κ1) is 15.8. The standard InChI is InChI=1S/C15H17ClN2O2S/c16-14-5-1-3-12(9-14)7-8-18-21(19,20)11-13-4-2-6-15(17)10-13/h1-6,9-10,18H,7-8,11,17H2. The van der Waals surface area contributed by atoms with Crippen LogP contribution in [0.1, 0.15) is 11.1 Å². The molecule has 0 amide bonds. The highest BCUT2D eigenvalue weighted by atomic mass is 35.5. The minimum atomic E-state index is -3.37. The number of benzene rings is 2. The second-order valence-corrected chi connectivity index (χ2v) is 7.02. The van der Waals surface area contributed by atoms with E-state index in [9.17, 15) is 8.42 Å². The topological polar surface area (TPSA) is 72.2 Å². The Balaban J connectivity index is 1.90. The van der Waals surface area contributed by atoms with Crippen molar-refractivity contribution in [3.05, 3.63) is 64.7 Å². The Kier molecular flexibility index (Phi) is 5.22. The Labute approximate surface area is 130 Å². The molecule has 0 aliphatic carbocycles. The van der Waals surface area contributed by atoms with Gasteiger partial charge in [0.15, 0.2) is 0 Å². The van der Waals surface area contributed by atoms with Gasteiger partial charge in [0.2, 0.25) is 10.0 Å². The van der Waals surface area contributed by atoms with Gasteiger partial charge in [0.05, 0.1) is 5.75 Å². The van der Waals surface area contributed by atoms with Gasteiger partial charge in [0.25, 0.3) is 0 Å². The highest BCUT2D eigenvalue weighted by Gasteiger charge is 2.11. The summed E-state index contributed by atoms with van der Waals surface area (Å²) in [6, 6.07) is 14.2. The monoisotopic (exact) mass is 324 g/mol. The highest BCUT2D eigenvalue weighted by Crippen LogP contribution is 2.12. The van der Waals surface area contributed by atoms with E-state index in [1.165, 1.54) is 0 Å². The van der Waals surface area contributed by atoms with Crippen molar-refractivity contribution in [1.29, 1.82) is 0 Å². The summed E-state index contributed by atoms with van der Waals surface area (Å²) in [5.74, 6) is -0.0758. The Hall–Kier alpha value is -1.56. The minimum absolute atomic E-state index is 0.0758. The molecule has 4 nitrogen and oxygen atoms in total. The van der Waals surface area contributed by atoms with Crippen LogP contribution < -0.4 is 10.5 Å². The summed E-state index contributed by atoms with van der Waals surface area (Å²) in [4.78, 5) is 0. The van der Waals surface area contributed by atoms with Gasteiger partial charge >= 0.3 is 0 Å². The van der Waals surface area contributed by atoms with Crippen molar-refractivity contribution in [3.63, 3.8) is 0 Å². The molecule has 0 saturated heterocycles. The number of anilines is 1. The zero-order valence-corrected chi connectivity index (χ0v) is 13.0. The van der Waals surface area contributed by atoms with Crippen molar-refractivity contribution in [3.8, 4) is 0 Å². The molecule has 2 aromatic carbocycles. The van der Waals surface area contributed by atoms with Gasteiger partial charge in [-0.1, -0.05) is 35.9 Å². The molecule has 0 heterocycles. The first-order valence-electron chi connectivity index (χ1n) is 6.51. The average Bonchev–Trinajstić information content (AvgIpc) is 2.38. The smallest absolute Gasteiger partial charge is 0.215 e. The van der Waals surface area contributed by atoms with Gasteiger partial charge in [-0.3, -0.25) is 0 Å². The van der Waals surface area contributed by atoms with Gasteiger partial charge in [0.1, 0.15) is 0 Å². The second-order valence-electron chi connectivity index (χ2n) is 4.78. The van der Waals surface area contributed by atoms with Crippen LogP contribution in [-0.2, 0) is 22.2 Å². The summed E-state index contributed by atoms with van der Waals surface area (Å²) in [7, 11) is -3.37. The van der Waals surface area contributed by atoms with E-state index in [1.54, 1.807) is 30.3 Å². The third-order valence-corrected chi connectivity index (χ3v) is 4.52. The van der Waals surface area contributed by atoms with E-state index < -0.39 is 10.0 Å². The van der Waals surface area contributed by atoms with Crippen LogP contribution in [0.25, 0.3) is 0 Å². The summed E-state index contributed by atoms with van der Waals surface area (Å²) < 4.78 is 26.6. The Morgan fingerprint density at radius 2 is 1.76 bits per heavy atom. The fourth-order valence-corrected chi connectivity index (χ4v) is 3.34. The molecule has 0 aliphatic heterocycles. The van der Waals surface area contributed by atoms with Crippen molar-refractivity contribution in [2.45, 2.75) is 12.2 Å². The number of sulfonamides is 1. The molecule has 2 rings (SSSR count). The van der Waals surface area contributed by atoms with Crippen LogP contribution in [0, 0.1) is 0 Å². The van der Waals surface area contributed by atoms with Crippen LogP contribution in [0.5, 0.6) is 0 Å². The lowest BCUT2D eigenvalue weighted by Gasteiger charge is -2.07. The third-order valence-electron chi connectivity index (χ3n) is 2.93. The fraction of sp³-hybridized carbons (Fsp3) is 0.200. The van der Waals surface area contributed by atoms with Crippen LogP contribution in [0.15, 0.2) is 48.5 Å². The van der Waals surface area contributed by atoms with Gasteiger partial charge in [-0.25, -0.2) is 13.1 Å². The zero-order valence-electron chi connectivity index (χ0n) is 11.4. The van der Waals surface area contributed by atoms with Gasteiger partial charge in [-0.15, -0.1) is 0 Å². The first-order chi connectivity index (χ1) is 9.94. The van der Waals surface area contributed by atoms with Gasteiger partial charge in [-0.05, 0) is 41.8 Å². The highest BCUT2D eigenvalue weighted by molar-refractivity contribution is 7.88. The van der Waals surface area contributed by atoms with Gasteiger partial charge in [-0.2, -0.15) is 0 Å². The van der Waals surface area contributed by atoms with E-state index in [2.05, 4.69) is 4.72 Å². The normalized spacial score (nSPS) is 11.5. The average molecular weight is 325 g/mol. The van der Waals surface area contributed by atoms with Crippen molar-refractivity contribution in [2.24, 2.45) is 0 Å². The number of hydrogen-bond donors (Lipinski definition) is 2. The van der Waals surface area contributed by atoms with E-state index in [4.69, 9.17) is 17.3 Å². The summed E-state index contributed by atoms with van der Waals surface area (Å²) in [6.45, 7) is 0.338. The van der Waals surface area contributed by atoms with E-state index in [0.717, 1.165) is 5.56 Å². The minimum Gasteiger partial charge on any atom is -0.399 e. The molecule has 2 aromatic rings. The van der Waals surface area contributed by atoms with Crippen LogP contribution >= 0.6 is 11.6 Å². The number of nitrogen functional groups attached to an aromatic ring is 1. The van der Waals surface area contributed by atoms with Crippen LogP contribution in [-0.4, -0.2) is 15.0 Å². The molecular weight excluding hydrogens is 308 g/mol. The molecule has 0 unspecified atom stereocenters. The molecule has 0 aliphatic rings. The molecule has 0 atom stereocenters. The fourth-order valence-electron chi connectivity index (χ4n) is 2.00. The Bertz CT molecular complexity index is 717. The predicted octanol–water partition coefficient (Wildman–Crippen LogP) is 2.58. The molecule has 21 heavy (non-hydrogen) atoms. The molecule has 0 radical (unpaired) electrons. The molecule has 112 valence electrons. The lowest BCUT2D eigenvalue weighted by Crippen LogP contribution is -2.27. The van der Waals surface area contributed by atoms with Crippen molar-refractivity contribution in [2.75, 3.05) is 12.3 Å². The molecular formula is C15H17ClN2O2S. The van der Waals surface area contributed by atoms with Crippen LogP contribution in [0.3, 0.4) is 0 Å². The second kappa shape index (κ2) is 6.93. The van der Waals surface area contributed by atoms with E-state index in [-0.39, 0.29) is 5.75 Å². The quantitative estimate of drug-likeness (QED) is 0.802. The number of hydrogen-bond acceptors (Lipinski definition) is 3. The maximum Gasteiger partial charge on any atom is 0.215 e. The lowest BCUT2D eigenvalue weighted by molar-refractivity contribution is 0.581. The molecule has 0 spiro atoms. The molecule has 0 bridgehead atoms. The molecule has 0 saturated carbocycles. The van der Waals surface area contributed by atoms with Gasteiger partial charge < -0.3 is 5.73 Å². The predicted molar refractivity (Wildman–Crippen MR) is 86.6 cm³/mol. The van der Waals surface area contributed by atoms with Crippen molar-refractivity contribution in [1.82, 2.24) is 4.72 Å². The number of halogens is 1. The molecule has 0 aromatic heterocycles. The number of nitrogens with two attached hydrogens (primary N) is 1. The first-order valence-corrected chi connectivity index (χ1v) is 8.54. The van der Waals surface area contributed by atoms with E-state index in [1.807, 2.05) is 18.2 Å². The Morgan fingerprint density at radius 3 is 2.48 bits per heavy atom. The summed E-state index contributed by atoms with van der Waals surface area (Å²) in [6.07, 6.45) is 0.594. The SMILES string of the molecule is Nc1cccc(CS(=O)(=O)NCCc2cccc(Cl)c2)c1. The Morgan fingerprint density at radius 1 is 1.05 bits per heavy atom. The van der Waals surface area contributed by atoms with E-state index in [0.29, 0.717) is 29.2 Å². The van der Waals surface area contributed by atoms with Gasteiger partial charge in [0, 0.05) is 17.3 Å². The maximum absolute atomic E-state index is 12.0. The van der Waals surface area contributed by atoms with Crippen molar-refractivity contribution < 1.29 is 8.42 Å². The van der Waals surface area contributed by atoms with E-state index >= 15 is 0 Å². The zero-order chi connectivity index (χ0) is 15.3. The third kappa shape index (κ3) is 5.38. The number of nitrogens with one attached hydrogen (secondary N) is 1. The lowest BCUT2D eigenvalue weighted by atomic mass is 10.2. The largest absolute Gasteiger partial charge is 0.399 e. The summed E-state index contributed by atoms with van der Waals surface area (Å²) in [5.41, 5.74) is 7.86. The summed E-state index contributed by atoms with van der Waals surface area (Å²) >= 11 is 5.89. The van der Waals surface area contributed by atoms with Crippen molar-refractivity contribution >= 4 is 27.3 Å².